The second-order valence-corrected chi connectivity index (χ2v) is 13.8. The number of para-hydroxylation sites is 4. The van der Waals surface area contributed by atoms with Crippen molar-refractivity contribution in [2.45, 2.75) is 64.4 Å². The van der Waals surface area contributed by atoms with E-state index in [4.69, 9.17) is 14.2 Å². The summed E-state index contributed by atoms with van der Waals surface area (Å²) in [6.45, 7) is -3.07. The van der Waals surface area contributed by atoms with Gasteiger partial charge in [-0.25, -0.2) is 9.36 Å². The Bertz CT molecular complexity index is 2180. The maximum atomic E-state index is 12.7. The van der Waals surface area contributed by atoms with E-state index in [0.29, 0.717) is 0 Å². The molecule has 26 heteroatoms. The average Bonchev–Trinajstić information content (AvgIpc) is 3.47. The lowest BCUT2D eigenvalue weighted by Crippen LogP contribution is -2.19. The molecule has 64 heavy (non-hydrogen) atoms. The van der Waals surface area contributed by atoms with Gasteiger partial charge >= 0.3 is 39.2 Å². The van der Waals surface area contributed by atoms with Crippen molar-refractivity contribution in [3.8, 4) is 23.0 Å². The second-order valence-electron chi connectivity index (χ2n) is 12.3. The third-order valence-electron chi connectivity index (χ3n) is 7.66. The number of benzene rings is 4. The standard InChI is InChI=1S/C22H18F6O7.C16H13F6O6P/c23-21(24,25)34-15-7-3-1-5-13(15)11-31-18-17(9-10-29)33-20(30)19(18)32-12-14-6-2-4-8-16(14)35-22(26,27)28;17-15(18,19)27-13-7-3-1-5-11(13)9-25-29(23,24)26-10-12-6-2-4-8-14(12)28-16(20,21)22/h1-8,17,29H,9-12H2;1-8H,9-10H2,(H,23,24). The summed E-state index contributed by atoms with van der Waals surface area (Å²) in [6, 6.07) is 19.6. The average molecular weight is 955 g/mol. The molecule has 1 atom stereocenters. The number of carbonyl (C=O) groups excluding carboxylic acids is 1. The van der Waals surface area contributed by atoms with Crippen molar-refractivity contribution < 1.29 is 114 Å². The zero-order valence-electron chi connectivity index (χ0n) is 31.9. The molecule has 0 bridgehead atoms. The Hall–Kier alpha value is -5.88. The van der Waals surface area contributed by atoms with Crippen molar-refractivity contribution in [2.75, 3.05) is 6.61 Å². The van der Waals surface area contributed by atoms with Crippen LogP contribution in [0.4, 0.5) is 52.7 Å². The molecule has 1 heterocycles. The van der Waals surface area contributed by atoms with Crippen molar-refractivity contribution in [1.29, 1.82) is 0 Å². The second kappa shape index (κ2) is 21.7. The molecule has 0 saturated carbocycles. The van der Waals surface area contributed by atoms with Gasteiger partial charge in [0.15, 0.2) is 11.9 Å². The molecular formula is C38H31F12O13P. The fourth-order valence-electron chi connectivity index (χ4n) is 5.11. The van der Waals surface area contributed by atoms with E-state index in [1.807, 2.05) is 0 Å². The number of ether oxygens (including phenoxy) is 7. The molecule has 0 fully saturated rings. The minimum atomic E-state index is -4.99. The van der Waals surface area contributed by atoms with Crippen molar-refractivity contribution in [1.82, 2.24) is 0 Å². The summed E-state index contributed by atoms with van der Waals surface area (Å²) < 4.78 is 203. The van der Waals surface area contributed by atoms with E-state index in [1.54, 1.807) is 0 Å². The third kappa shape index (κ3) is 17.4. The number of alkyl halides is 12. The van der Waals surface area contributed by atoms with Crippen LogP contribution in [0.5, 0.6) is 23.0 Å². The number of esters is 1. The van der Waals surface area contributed by atoms with E-state index in [9.17, 15) is 72.0 Å². The molecule has 0 saturated heterocycles. The SMILES string of the molecule is O=C1OC(CCO)C(OCc2ccccc2OC(F)(F)F)=C1OCc1ccccc1OC(F)(F)F.O=P(O)(OCc1ccccc1OC(F)(F)F)OCc1ccccc1OC(F)(F)F. The van der Waals surface area contributed by atoms with E-state index >= 15 is 0 Å². The third-order valence-corrected chi connectivity index (χ3v) is 8.57. The van der Waals surface area contributed by atoms with Crippen molar-refractivity contribution >= 4 is 13.8 Å². The summed E-state index contributed by atoms with van der Waals surface area (Å²) >= 11 is 0. The Morgan fingerprint density at radius 2 is 0.828 bits per heavy atom. The van der Waals surface area contributed by atoms with Crippen LogP contribution < -0.4 is 18.9 Å². The lowest BCUT2D eigenvalue weighted by molar-refractivity contribution is -0.276. The Morgan fingerprint density at radius 1 is 0.516 bits per heavy atom. The van der Waals surface area contributed by atoms with Gasteiger partial charge in [0.1, 0.15) is 36.2 Å². The van der Waals surface area contributed by atoms with Gasteiger partial charge in [0.25, 0.3) is 0 Å². The topological polar surface area (TPSA) is 158 Å². The Balaban J connectivity index is 0.000000286. The van der Waals surface area contributed by atoms with Crippen LogP contribution in [0.25, 0.3) is 0 Å². The first-order valence-corrected chi connectivity index (χ1v) is 19.1. The van der Waals surface area contributed by atoms with E-state index in [-0.39, 0.29) is 34.4 Å². The number of phosphoric ester groups is 1. The van der Waals surface area contributed by atoms with E-state index in [2.05, 4.69) is 28.0 Å². The monoisotopic (exact) mass is 954 g/mol. The highest BCUT2D eigenvalue weighted by molar-refractivity contribution is 7.47. The molecule has 13 nitrogen and oxygen atoms in total. The largest absolute Gasteiger partial charge is 0.573 e. The zero-order valence-corrected chi connectivity index (χ0v) is 32.8. The number of phosphoric acid groups is 1. The summed E-state index contributed by atoms with van der Waals surface area (Å²) in [4.78, 5) is 22.0. The predicted octanol–water partition coefficient (Wildman–Crippen LogP) is 10.1. The molecule has 5 rings (SSSR count). The van der Waals surface area contributed by atoms with Gasteiger partial charge in [-0.3, -0.25) is 9.05 Å². The first-order chi connectivity index (χ1) is 29.8. The van der Waals surface area contributed by atoms with Gasteiger partial charge in [-0.05, 0) is 24.3 Å². The number of halogens is 12. The van der Waals surface area contributed by atoms with Gasteiger partial charge in [0, 0.05) is 35.3 Å². The molecule has 1 unspecified atom stereocenters. The van der Waals surface area contributed by atoms with Gasteiger partial charge in [-0.1, -0.05) is 72.8 Å². The number of aliphatic hydroxyl groups is 1. The molecule has 1 aliphatic heterocycles. The lowest BCUT2D eigenvalue weighted by Gasteiger charge is -2.17. The van der Waals surface area contributed by atoms with E-state index < -0.39 is 107 Å². The fraction of sp³-hybridized carbons (Fsp3) is 0.289. The maximum Gasteiger partial charge on any atom is 0.573 e. The van der Waals surface area contributed by atoms with Crippen LogP contribution in [0.15, 0.2) is 109 Å². The normalized spacial score (nSPS) is 14.6. The van der Waals surface area contributed by atoms with E-state index in [1.165, 1.54) is 60.7 Å². The van der Waals surface area contributed by atoms with Crippen molar-refractivity contribution in [3.05, 3.63) is 131 Å². The molecule has 0 aliphatic carbocycles. The molecular weight excluding hydrogens is 923 g/mol. The number of aliphatic hydroxyl groups excluding tert-OH is 1. The minimum absolute atomic E-state index is 0.0253. The van der Waals surface area contributed by atoms with Crippen molar-refractivity contribution in [3.63, 3.8) is 0 Å². The van der Waals surface area contributed by atoms with Crippen LogP contribution in [0, 0.1) is 0 Å². The number of hydrogen-bond donors (Lipinski definition) is 2. The minimum Gasteiger partial charge on any atom is -0.485 e. The smallest absolute Gasteiger partial charge is 0.485 e. The Labute approximate surface area is 352 Å². The summed E-state index contributed by atoms with van der Waals surface area (Å²) in [6.07, 6.45) is -21.1. The van der Waals surface area contributed by atoms with Crippen LogP contribution in [-0.2, 0) is 59.0 Å². The number of hydrogen-bond acceptors (Lipinski definition) is 12. The highest BCUT2D eigenvalue weighted by Gasteiger charge is 2.39. The van der Waals surface area contributed by atoms with Crippen LogP contribution in [0.3, 0.4) is 0 Å². The highest BCUT2D eigenvalue weighted by atomic mass is 31.2. The maximum absolute atomic E-state index is 12.7. The van der Waals surface area contributed by atoms with Crippen molar-refractivity contribution in [2.24, 2.45) is 0 Å². The molecule has 0 spiro atoms. The number of carbonyl (C=O) groups is 1. The first kappa shape index (κ1) is 50.8. The Kier molecular flexibility index (Phi) is 17.2. The van der Waals surface area contributed by atoms with E-state index in [0.717, 1.165) is 36.4 Å². The predicted molar refractivity (Wildman–Crippen MR) is 190 cm³/mol. The molecule has 350 valence electrons. The van der Waals surface area contributed by atoms with Gasteiger partial charge in [-0.2, -0.15) is 0 Å². The molecule has 4 aromatic rings. The highest BCUT2D eigenvalue weighted by Crippen LogP contribution is 2.46. The summed E-state index contributed by atoms with van der Waals surface area (Å²) in [5.41, 5.74) is -0.492. The summed E-state index contributed by atoms with van der Waals surface area (Å²) in [7, 11) is -4.84. The molecule has 4 aromatic carbocycles. The Morgan fingerprint density at radius 3 is 1.16 bits per heavy atom. The quantitative estimate of drug-likeness (QED) is 0.0552. The molecule has 0 amide bonds. The number of rotatable bonds is 18. The van der Waals surface area contributed by atoms with Gasteiger partial charge in [0.05, 0.1) is 13.2 Å². The van der Waals surface area contributed by atoms with Gasteiger partial charge in [0.2, 0.25) is 5.76 Å². The van der Waals surface area contributed by atoms with Crippen LogP contribution in [0.1, 0.15) is 28.7 Å². The van der Waals surface area contributed by atoms with Crippen LogP contribution >= 0.6 is 7.82 Å². The summed E-state index contributed by atoms with van der Waals surface area (Å²) in [5.74, 6) is -4.15. The van der Waals surface area contributed by atoms with Gasteiger partial charge < -0.3 is 43.2 Å². The first-order valence-electron chi connectivity index (χ1n) is 17.6. The molecule has 2 N–H and O–H groups in total. The lowest BCUT2D eigenvalue weighted by atomic mass is 10.2. The van der Waals surface area contributed by atoms with Crippen LogP contribution in [0.2, 0.25) is 0 Å². The summed E-state index contributed by atoms with van der Waals surface area (Å²) in [5, 5.41) is 9.25. The fourth-order valence-corrected chi connectivity index (χ4v) is 5.79. The molecule has 0 aromatic heterocycles. The number of cyclic esters (lactones) is 1. The van der Waals surface area contributed by atoms with Gasteiger partial charge in [-0.15, -0.1) is 52.7 Å². The zero-order chi connectivity index (χ0) is 47.3. The van der Waals surface area contributed by atoms with Crippen LogP contribution in [-0.4, -0.2) is 54.1 Å². The molecule has 1 aliphatic rings. The molecule has 0 radical (unpaired) electrons.